The zero-order valence-corrected chi connectivity index (χ0v) is 17.8. The van der Waals surface area contributed by atoms with Gasteiger partial charge in [0.2, 0.25) is 0 Å². The standard InChI is InChI=1S/C24H19ClN2O2S/c1-27(15-16-8-9-17-5-2-3-6-18(17)13-16)24(29)19-10-11-20(25)21(14-19)26-23(28)22-7-4-12-30-22/h2-14H,15H2,1H3,(H,26,28). The molecule has 2 amide bonds. The van der Waals surface area contributed by atoms with Crippen LogP contribution in [0.2, 0.25) is 5.02 Å². The zero-order valence-electron chi connectivity index (χ0n) is 16.3. The molecule has 0 spiro atoms. The van der Waals surface area contributed by atoms with E-state index in [1.54, 1.807) is 36.2 Å². The number of nitrogens with zero attached hydrogens (tertiary/aromatic N) is 1. The van der Waals surface area contributed by atoms with Crippen molar-refractivity contribution in [1.29, 1.82) is 0 Å². The average molecular weight is 435 g/mol. The Morgan fingerprint density at radius 2 is 1.77 bits per heavy atom. The molecule has 1 heterocycles. The van der Waals surface area contributed by atoms with Gasteiger partial charge in [0.15, 0.2) is 0 Å². The lowest BCUT2D eigenvalue weighted by Gasteiger charge is -2.18. The van der Waals surface area contributed by atoms with Crippen LogP contribution in [0.5, 0.6) is 0 Å². The van der Waals surface area contributed by atoms with Crippen LogP contribution in [-0.4, -0.2) is 23.8 Å². The molecule has 0 unspecified atom stereocenters. The Hall–Kier alpha value is -3.15. The van der Waals surface area contributed by atoms with Crippen molar-refractivity contribution in [2.45, 2.75) is 6.54 Å². The third kappa shape index (κ3) is 4.37. The predicted molar refractivity (Wildman–Crippen MR) is 123 cm³/mol. The fourth-order valence-electron chi connectivity index (χ4n) is 3.25. The summed E-state index contributed by atoms with van der Waals surface area (Å²) in [4.78, 5) is 27.5. The minimum atomic E-state index is -0.249. The van der Waals surface area contributed by atoms with E-state index in [0.29, 0.717) is 27.7 Å². The van der Waals surface area contributed by atoms with Crippen LogP contribution in [0.25, 0.3) is 10.8 Å². The number of thiophene rings is 1. The number of fused-ring (bicyclic) bond motifs is 1. The molecular formula is C24H19ClN2O2S. The Kier molecular flexibility index (Phi) is 5.84. The first kappa shape index (κ1) is 20.1. The van der Waals surface area contributed by atoms with E-state index in [1.165, 1.54) is 16.7 Å². The Labute approximate surface area is 183 Å². The van der Waals surface area contributed by atoms with Crippen LogP contribution in [0.4, 0.5) is 5.69 Å². The quantitative estimate of drug-likeness (QED) is 0.414. The summed E-state index contributed by atoms with van der Waals surface area (Å²) in [5, 5.41) is 7.31. The molecule has 3 aromatic carbocycles. The maximum Gasteiger partial charge on any atom is 0.265 e. The summed E-state index contributed by atoms with van der Waals surface area (Å²) < 4.78 is 0. The van der Waals surface area contributed by atoms with E-state index in [9.17, 15) is 9.59 Å². The number of benzene rings is 3. The van der Waals surface area contributed by atoms with Gasteiger partial charge in [-0.3, -0.25) is 9.59 Å². The second-order valence-electron chi connectivity index (χ2n) is 6.97. The minimum absolute atomic E-state index is 0.147. The molecule has 6 heteroatoms. The highest BCUT2D eigenvalue weighted by Crippen LogP contribution is 2.25. The van der Waals surface area contributed by atoms with Crippen molar-refractivity contribution in [3.05, 3.63) is 99.2 Å². The van der Waals surface area contributed by atoms with E-state index in [4.69, 9.17) is 11.6 Å². The Morgan fingerprint density at radius 3 is 2.53 bits per heavy atom. The van der Waals surface area contributed by atoms with Crippen molar-refractivity contribution in [1.82, 2.24) is 4.90 Å². The lowest BCUT2D eigenvalue weighted by atomic mass is 10.1. The van der Waals surface area contributed by atoms with Crippen molar-refractivity contribution in [2.24, 2.45) is 0 Å². The maximum atomic E-state index is 13.0. The number of hydrogen-bond acceptors (Lipinski definition) is 3. The van der Waals surface area contributed by atoms with Crippen LogP contribution in [0.1, 0.15) is 25.6 Å². The first-order chi connectivity index (χ1) is 14.5. The van der Waals surface area contributed by atoms with E-state index in [0.717, 1.165) is 10.9 Å². The third-order valence-electron chi connectivity index (χ3n) is 4.79. The summed E-state index contributed by atoms with van der Waals surface area (Å²) in [5.74, 6) is -0.396. The molecule has 0 aliphatic rings. The molecule has 0 saturated carbocycles. The molecule has 0 bridgehead atoms. The highest BCUT2D eigenvalue weighted by molar-refractivity contribution is 7.12. The van der Waals surface area contributed by atoms with Gasteiger partial charge in [-0.1, -0.05) is 54.1 Å². The SMILES string of the molecule is CN(Cc1ccc2ccccc2c1)C(=O)c1ccc(Cl)c(NC(=O)c2cccs2)c1. The van der Waals surface area contributed by atoms with E-state index in [-0.39, 0.29) is 11.8 Å². The fourth-order valence-corrected chi connectivity index (χ4v) is 4.03. The molecule has 0 fully saturated rings. The first-order valence-corrected chi connectivity index (χ1v) is 10.6. The molecule has 4 aromatic rings. The molecular weight excluding hydrogens is 416 g/mol. The Bertz CT molecular complexity index is 1220. The number of carbonyl (C=O) groups is 2. The van der Waals surface area contributed by atoms with E-state index < -0.39 is 0 Å². The summed E-state index contributed by atoms with van der Waals surface area (Å²) in [6.45, 7) is 0.475. The normalized spacial score (nSPS) is 10.7. The number of rotatable bonds is 5. The van der Waals surface area contributed by atoms with E-state index >= 15 is 0 Å². The number of halogens is 1. The molecule has 0 aliphatic carbocycles. The molecule has 1 aromatic heterocycles. The van der Waals surface area contributed by atoms with Gasteiger partial charge in [0.25, 0.3) is 11.8 Å². The third-order valence-corrected chi connectivity index (χ3v) is 5.99. The highest BCUT2D eigenvalue weighted by atomic mass is 35.5. The predicted octanol–water partition coefficient (Wildman–Crippen LogP) is 6.08. The van der Waals surface area contributed by atoms with Gasteiger partial charge >= 0.3 is 0 Å². The van der Waals surface area contributed by atoms with Crippen LogP contribution in [0.15, 0.2) is 78.2 Å². The lowest BCUT2D eigenvalue weighted by molar-refractivity contribution is 0.0785. The summed E-state index contributed by atoms with van der Waals surface area (Å²) >= 11 is 7.58. The second-order valence-corrected chi connectivity index (χ2v) is 8.32. The summed E-state index contributed by atoms with van der Waals surface area (Å²) in [5.41, 5.74) is 1.92. The van der Waals surface area contributed by atoms with Gasteiger partial charge in [-0.15, -0.1) is 11.3 Å². The van der Waals surface area contributed by atoms with Crippen molar-refractivity contribution in [3.63, 3.8) is 0 Å². The first-order valence-electron chi connectivity index (χ1n) is 9.39. The molecule has 4 nitrogen and oxygen atoms in total. The fraction of sp³-hybridized carbons (Fsp3) is 0.0833. The van der Waals surface area contributed by atoms with Crippen molar-refractivity contribution < 1.29 is 9.59 Å². The van der Waals surface area contributed by atoms with Gasteiger partial charge in [-0.25, -0.2) is 0 Å². The van der Waals surface area contributed by atoms with Crippen molar-refractivity contribution in [2.75, 3.05) is 12.4 Å². The second kappa shape index (κ2) is 8.69. The molecule has 30 heavy (non-hydrogen) atoms. The molecule has 0 saturated heterocycles. The smallest absolute Gasteiger partial charge is 0.265 e. The van der Waals surface area contributed by atoms with Crippen LogP contribution in [0, 0.1) is 0 Å². The number of amides is 2. The lowest BCUT2D eigenvalue weighted by Crippen LogP contribution is -2.26. The van der Waals surface area contributed by atoms with Crippen LogP contribution in [0.3, 0.4) is 0 Å². The Morgan fingerprint density at radius 1 is 0.967 bits per heavy atom. The monoisotopic (exact) mass is 434 g/mol. The molecule has 0 radical (unpaired) electrons. The number of anilines is 1. The topological polar surface area (TPSA) is 49.4 Å². The van der Waals surface area contributed by atoms with Gasteiger partial charge in [-0.05, 0) is 52.0 Å². The molecule has 0 atom stereocenters. The molecule has 1 N–H and O–H groups in total. The Balaban J connectivity index is 1.51. The zero-order chi connectivity index (χ0) is 21.1. The molecule has 0 aliphatic heterocycles. The largest absolute Gasteiger partial charge is 0.337 e. The summed E-state index contributed by atoms with van der Waals surface area (Å²) in [7, 11) is 1.76. The van der Waals surface area contributed by atoms with Gasteiger partial charge in [0.05, 0.1) is 15.6 Å². The molecule has 150 valence electrons. The van der Waals surface area contributed by atoms with E-state index in [1.807, 2.05) is 29.6 Å². The maximum absolute atomic E-state index is 13.0. The summed E-state index contributed by atoms with van der Waals surface area (Å²) in [6.07, 6.45) is 0. The van der Waals surface area contributed by atoms with Crippen LogP contribution in [-0.2, 0) is 6.54 Å². The van der Waals surface area contributed by atoms with Gasteiger partial charge in [0, 0.05) is 19.2 Å². The van der Waals surface area contributed by atoms with E-state index in [2.05, 4.69) is 29.6 Å². The number of nitrogens with one attached hydrogen (secondary N) is 1. The van der Waals surface area contributed by atoms with Gasteiger partial charge < -0.3 is 10.2 Å². The summed E-state index contributed by atoms with van der Waals surface area (Å²) in [6, 6.07) is 22.8. The van der Waals surface area contributed by atoms with Crippen LogP contribution < -0.4 is 5.32 Å². The van der Waals surface area contributed by atoms with Crippen molar-refractivity contribution >= 4 is 51.2 Å². The van der Waals surface area contributed by atoms with Crippen molar-refractivity contribution in [3.8, 4) is 0 Å². The highest BCUT2D eigenvalue weighted by Gasteiger charge is 2.16. The number of carbonyl (C=O) groups excluding carboxylic acids is 2. The molecule has 4 rings (SSSR count). The average Bonchev–Trinajstić information content (AvgIpc) is 3.30. The number of hydrogen-bond donors (Lipinski definition) is 1. The van der Waals surface area contributed by atoms with Gasteiger partial charge in [-0.2, -0.15) is 0 Å². The van der Waals surface area contributed by atoms with Gasteiger partial charge in [0.1, 0.15) is 0 Å². The minimum Gasteiger partial charge on any atom is -0.337 e. The van der Waals surface area contributed by atoms with Crippen LogP contribution >= 0.6 is 22.9 Å².